The third kappa shape index (κ3) is 4.99. The number of aromatic nitrogens is 2. The molecule has 0 radical (unpaired) electrons. The molecule has 27 heavy (non-hydrogen) atoms. The quantitative estimate of drug-likeness (QED) is 0.604. The Labute approximate surface area is 166 Å². The zero-order valence-corrected chi connectivity index (χ0v) is 16.2. The SMILES string of the molecule is C[C@@H](Oc1cccc(Cl)c1)C(=O)N(C)Cc1nc(-c2ccc(Cl)cc2)no1. The molecule has 1 amide bonds. The van der Waals surface area contributed by atoms with E-state index >= 15 is 0 Å². The normalized spacial score (nSPS) is 11.9. The van der Waals surface area contributed by atoms with Crippen LogP contribution < -0.4 is 4.74 Å². The van der Waals surface area contributed by atoms with Gasteiger partial charge in [0.25, 0.3) is 5.91 Å². The fourth-order valence-electron chi connectivity index (χ4n) is 2.42. The Morgan fingerprint density at radius 3 is 2.63 bits per heavy atom. The van der Waals surface area contributed by atoms with E-state index in [0.29, 0.717) is 27.5 Å². The molecule has 0 aliphatic carbocycles. The first kappa shape index (κ1) is 19.2. The van der Waals surface area contributed by atoms with E-state index in [1.807, 2.05) is 0 Å². The van der Waals surface area contributed by atoms with Crippen LogP contribution in [0.3, 0.4) is 0 Å². The van der Waals surface area contributed by atoms with E-state index in [0.717, 1.165) is 5.56 Å². The highest BCUT2D eigenvalue weighted by atomic mass is 35.5. The highest BCUT2D eigenvalue weighted by molar-refractivity contribution is 6.30. The molecule has 0 aliphatic rings. The monoisotopic (exact) mass is 405 g/mol. The third-order valence-electron chi connectivity index (χ3n) is 3.78. The number of ether oxygens (including phenoxy) is 1. The van der Waals surface area contributed by atoms with Gasteiger partial charge < -0.3 is 14.2 Å². The minimum Gasteiger partial charge on any atom is -0.481 e. The minimum absolute atomic E-state index is 0.169. The molecule has 0 fully saturated rings. The molecule has 1 heterocycles. The number of nitrogens with zero attached hydrogens (tertiary/aromatic N) is 3. The summed E-state index contributed by atoms with van der Waals surface area (Å²) in [4.78, 5) is 18.3. The van der Waals surface area contributed by atoms with Crippen molar-refractivity contribution in [2.75, 3.05) is 7.05 Å². The molecule has 0 unspecified atom stereocenters. The summed E-state index contributed by atoms with van der Waals surface area (Å²) < 4.78 is 10.9. The van der Waals surface area contributed by atoms with Crippen LogP contribution in [-0.2, 0) is 11.3 Å². The van der Waals surface area contributed by atoms with Gasteiger partial charge in [0.15, 0.2) is 6.10 Å². The van der Waals surface area contributed by atoms with Crippen LogP contribution in [0, 0.1) is 0 Å². The standard InChI is InChI=1S/C19H17Cl2N3O3/c1-12(26-16-5-3-4-15(21)10-16)19(25)24(2)11-17-22-18(23-27-17)13-6-8-14(20)9-7-13/h3-10,12H,11H2,1-2H3/t12-/m1/s1. The number of carbonyl (C=O) groups excluding carboxylic acids is 1. The molecule has 0 aliphatic heterocycles. The summed E-state index contributed by atoms with van der Waals surface area (Å²) in [5.41, 5.74) is 0.779. The molecule has 3 aromatic rings. The summed E-state index contributed by atoms with van der Waals surface area (Å²) >= 11 is 11.8. The van der Waals surface area contributed by atoms with Crippen LogP contribution in [0.1, 0.15) is 12.8 Å². The van der Waals surface area contributed by atoms with Crippen LogP contribution in [-0.4, -0.2) is 34.1 Å². The van der Waals surface area contributed by atoms with Gasteiger partial charge in [0, 0.05) is 22.7 Å². The number of hydrogen-bond acceptors (Lipinski definition) is 5. The van der Waals surface area contributed by atoms with E-state index < -0.39 is 6.10 Å². The van der Waals surface area contributed by atoms with Crippen LogP contribution >= 0.6 is 23.2 Å². The summed E-state index contributed by atoms with van der Waals surface area (Å²) in [6.45, 7) is 1.84. The van der Waals surface area contributed by atoms with Gasteiger partial charge in [-0.1, -0.05) is 34.4 Å². The number of amides is 1. The van der Waals surface area contributed by atoms with Crippen molar-refractivity contribution in [1.82, 2.24) is 15.0 Å². The van der Waals surface area contributed by atoms with Crippen LogP contribution in [0.4, 0.5) is 0 Å². The molecule has 1 aromatic heterocycles. The summed E-state index contributed by atoms with van der Waals surface area (Å²) in [5, 5.41) is 5.11. The van der Waals surface area contributed by atoms with Gasteiger partial charge in [-0.2, -0.15) is 4.98 Å². The lowest BCUT2D eigenvalue weighted by molar-refractivity contribution is -0.137. The Balaban J connectivity index is 1.61. The maximum atomic E-state index is 12.5. The molecular formula is C19H17Cl2N3O3. The minimum atomic E-state index is -0.688. The maximum Gasteiger partial charge on any atom is 0.263 e. The Morgan fingerprint density at radius 1 is 1.19 bits per heavy atom. The highest BCUT2D eigenvalue weighted by Crippen LogP contribution is 2.20. The van der Waals surface area contributed by atoms with Crippen molar-refractivity contribution in [3.05, 3.63) is 64.5 Å². The zero-order chi connectivity index (χ0) is 19.4. The zero-order valence-electron chi connectivity index (χ0n) is 14.7. The number of likely N-dealkylation sites (N-methyl/N-ethyl adjacent to an activating group) is 1. The number of hydrogen-bond donors (Lipinski definition) is 0. The Bertz CT molecular complexity index is 928. The highest BCUT2D eigenvalue weighted by Gasteiger charge is 2.21. The molecule has 1 atom stereocenters. The smallest absolute Gasteiger partial charge is 0.263 e. The average Bonchev–Trinajstić information content (AvgIpc) is 3.10. The fraction of sp³-hybridized carbons (Fsp3) is 0.211. The van der Waals surface area contributed by atoms with Crippen molar-refractivity contribution in [1.29, 1.82) is 0 Å². The largest absolute Gasteiger partial charge is 0.481 e. The molecule has 0 N–H and O–H groups in total. The number of carbonyl (C=O) groups is 1. The van der Waals surface area contributed by atoms with Gasteiger partial charge in [0.1, 0.15) is 5.75 Å². The van der Waals surface area contributed by atoms with E-state index in [1.54, 1.807) is 62.5 Å². The topological polar surface area (TPSA) is 68.5 Å². The molecular weight excluding hydrogens is 389 g/mol. The Morgan fingerprint density at radius 2 is 1.93 bits per heavy atom. The van der Waals surface area contributed by atoms with E-state index in [4.69, 9.17) is 32.5 Å². The third-order valence-corrected chi connectivity index (χ3v) is 4.26. The van der Waals surface area contributed by atoms with Crippen molar-refractivity contribution in [2.45, 2.75) is 19.6 Å². The molecule has 140 valence electrons. The van der Waals surface area contributed by atoms with E-state index in [2.05, 4.69) is 10.1 Å². The lowest BCUT2D eigenvalue weighted by Gasteiger charge is -2.20. The van der Waals surface area contributed by atoms with Crippen molar-refractivity contribution >= 4 is 29.1 Å². The Hall–Kier alpha value is -2.57. The summed E-state index contributed by atoms with van der Waals surface area (Å²) in [5.74, 6) is 1.07. The van der Waals surface area contributed by atoms with Gasteiger partial charge in [-0.05, 0) is 49.4 Å². The number of benzene rings is 2. The molecule has 0 spiro atoms. The van der Waals surface area contributed by atoms with Gasteiger partial charge in [-0.3, -0.25) is 4.79 Å². The molecule has 0 saturated carbocycles. The van der Waals surface area contributed by atoms with Gasteiger partial charge in [-0.15, -0.1) is 0 Å². The molecule has 8 heteroatoms. The lowest BCUT2D eigenvalue weighted by atomic mass is 10.2. The van der Waals surface area contributed by atoms with Gasteiger partial charge >= 0.3 is 0 Å². The van der Waals surface area contributed by atoms with Gasteiger partial charge in [0.05, 0.1) is 6.54 Å². The second kappa shape index (κ2) is 8.41. The van der Waals surface area contributed by atoms with Crippen molar-refractivity contribution in [3.8, 4) is 17.1 Å². The first-order valence-corrected chi connectivity index (χ1v) is 8.93. The predicted octanol–water partition coefficient (Wildman–Crippen LogP) is 4.47. The van der Waals surface area contributed by atoms with Crippen LogP contribution in [0.15, 0.2) is 53.1 Å². The summed E-state index contributed by atoms with van der Waals surface area (Å²) in [6, 6.07) is 14.0. The fourth-order valence-corrected chi connectivity index (χ4v) is 2.73. The first-order valence-electron chi connectivity index (χ1n) is 8.18. The predicted molar refractivity (Wildman–Crippen MR) is 103 cm³/mol. The van der Waals surface area contributed by atoms with Crippen molar-refractivity contribution in [2.24, 2.45) is 0 Å². The molecule has 3 rings (SSSR count). The van der Waals surface area contributed by atoms with Crippen molar-refractivity contribution in [3.63, 3.8) is 0 Å². The summed E-state index contributed by atoms with van der Waals surface area (Å²) in [7, 11) is 1.65. The second-order valence-electron chi connectivity index (χ2n) is 5.93. The Kier molecular flexibility index (Phi) is 5.98. The van der Waals surface area contributed by atoms with Crippen LogP contribution in [0.25, 0.3) is 11.4 Å². The second-order valence-corrected chi connectivity index (χ2v) is 6.80. The molecule has 2 aromatic carbocycles. The average molecular weight is 406 g/mol. The molecule has 6 nitrogen and oxygen atoms in total. The van der Waals surface area contributed by atoms with Crippen LogP contribution in [0.5, 0.6) is 5.75 Å². The van der Waals surface area contributed by atoms with Gasteiger partial charge in [-0.25, -0.2) is 0 Å². The van der Waals surface area contributed by atoms with E-state index in [1.165, 1.54) is 4.90 Å². The number of rotatable bonds is 6. The number of halogens is 2. The van der Waals surface area contributed by atoms with E-state index in [9.17, 15) is 4.79 Å². The first-order chi connectivity index (χ1) is 12.9. The molecule has 0 bridgehead atoms. The van der Waals surface area contributed by atoms with Crippen molar-refractivity contribution < 1.29 is 14.1 Å². The maximum absolute atomic E-state index is 12.5. The lowest BCUT2D eigenvalue weighted by Crippen LogP contribution is -2.37. The molecule has 0 saturated heterocycles. The van der Waals surface area contributed by atoms with E-state index in [-0.39, 0.29) is 12.5 Å². The van der Waals surface area contributed by atoms with Gasteiger partial charge in [0.2, 0.25) is 11.7 Å². The summed E-state index contributed by atoms with van der Waals surface area (Å²) in [6.07, 6.45) is -0.688. The van der Waals surface area contributed by atoms with Crippen LogP contribution in [0.2, 0.25) is 10.0 Å².